The number of carboxylic acids is 1. The molecule has 0 aromatic heterocycles. The molecule has 2 amide bonds. The normalized spacial score (nSPS) is 27.0. The van der Waals surface area contributed by atoms with Crippen LogP contribution >= 0.6 is 0 Å². The third-order valence-corrected chi connectivity index (χ3v) is 4.95. The predicted octanol–water partition coefficient (Wildman–Crippen LogP) is 0.901. The summed E-state index contributed by atoms with van der Waals surface area (Å²) in [6.07, 6.45) is 5.77. The Kier molecular flexibility index (Phi) is 3.63. The first-order valence-corrected chi connectivity index (χ1v) is 7.85. The molecule has 1 aliphatic heterocycles. The van der Waals surface area contributed by atoms with E-state index >= 15 is 0 Å². The van der Waals surface area contributed by atoms with E-state index in [-0.39, 0.29) is 24.2 Å². The van der Waals surface area contributed by atoms with Crippen LogP contribution in [0, 0.1) is 5.92 Å². The Hall–Kier alpha value is -1.59. The molecule has 3 rings (SSSR count). The second-order valence-electron chi connectivity index (χ2n) is 6.66. The minimum atomic E-state index is -0.882. The van der Waals surface area contributed by atoms with Gasteiger partial charge in [0.15, 0.2) is 0 Å². The van der Waals surface area contributed by atoms with Crippen LogP contribution in [-0.2, 0) is 14.4 Å². The topological polar surface area (TPSA) is 86.7 Å². The van der Waals surface area contributed by atoms with Crippen LogP contribution in [0.25, 0.3) is 0 Å². The Morgan fingerprint density at radius 1 is 1.14 bits per heavy atom. The van der Waals surface area contributed by atoms with Gasteiger partial charge in [-0.05, 0) is 44.9 Å². The molecule has 3 fully saturated rings. The smallest absolute Gasteiger partial charge is 0.305 e. The average molecular weight is 294 g/mol. The van der Waals surface area contributed by atoms with Crippen molar-refractivity contribution in [2.45, 2.75) is 62.9 Å². The van der Waals surface area contributed by atoms with Crippen molar-refractivity contribution in [3.05, 3.63) is 0 Å². The summed E-state index contributed by atoms with van der Waals surface area (Å²) in [4.78, 5) is 37.4. The lowest BCUT2D eigenvalue weighted by molar-refractivity contribution is -0.143. The number of nitrogens with zero attached hydrogens (tertiary/aromatic N) is 1. The van der Waals surface area contributed by atoms with Crippen molar-refractivity contribution in [2.24, 2.45) is 5.92 Å². The number of amides is 2. The van der Waals surface area contributed by atoms with Gasteiger partial charge in [-0.15, -0.1) is 0 Å². The van der Waals surface area contributed by atoms with E-state index in [0.717, 1.165) is 25.7 Å². The van der Waals surface area contributed by atoms with E-state index in [4.69, 9.17) is 5.11 Å². The maximum atomic E-state index is 12.5. The van der Waals surface area contributed by atoms with Crippen molar-refractivity contribution in [1.29, 1.82) is 0 Å². The summed E-state index contributed by atoms with van der Waals surface area (Å²) in [5, 5.41) is 11.9. The fourth-order valence-electron chi connectivity index (χ4n) is 3.45. The highest BCUT2D eigenvalue weighted by Gasteiger charge is 2.45. The molecule has 2 aliphatic carbocycles. The quantitative estimate of drug-likeness (QED) is 0.788. The van der Waals surface area contributed by atoms with Crippen LogP contribution in [-0.4, -0.2) is 45.9 Å². The zero-order chi connectivity index (χ0) is 15.0. The molecule has 2 saturated carbocycles. The van der Waals surface area contributed by atoms with Gasteiger partial charge in [-0.2, -0.15) is 0 Å². The summed E-state index contributed by atoms with van der Waals surface area (Å²) >= 11 is 0. The van der Waals surface area contributed by atoms with Gasteiger partial charge in [-0.1, -0.05) is 0 Å². The zero-order valence-electron chi connectivity index (χ0n) is 12.1. The van der Waals surface area contributed by atoms with Gasteiger partial charge in [-0.3, -0.25) is 14.4 Å². The number of hydrogen-bond donors (Lipinski definition) is 2. The van der Waals surface area contributed by atoms with Crippen LogP contribution in [0.4, 0.5) is 0 Å². The van der Waals surface area contributed by atoms with Crippen LogP contribution in [0.5, 0.6) is 0 Å². The van der Waals surface area contributed by atoms with E-state index in [2.05, 4.69) is 5.32 Å². The number of carboxylic acid groups (broad SMARTS) is 1. The lowest BCUT2D eigenvalue weighted by atomic mass is 9.74. The van der Waals surface area contributed by atoms with Gasteiger partial charge in [0.1, 0.15) is 6.04 Å². The average Bonchev–Trinajstić information content (AvgIpc) is 3.11. The Morgan fingerprint density at radius 3 is 2.38 bits per heavy atom. The van der Waals surface area contributed by atoms with Crippen molar-refractivity contribution in [1.82, 2.24) is 10.2 Å². The Morgan fingerprint density at radius 2 is 1.86 bits per heavy atom. The largest absolute Gasteiger partial charge is 0.481 e. The van der Waals surface area contributed by atoms with Crippen molar-refractivity contribution in [2.75, 3.05) is 6.54 Å². The molecular weight excluding hydrogens is 272 g/mol. The maximum absolute atomic E-state index is 12.5. The number of rotatable bonds is 5. The molecule has 3 aliphatic rings. The number of carbonyl (C=O) groups is 3. The number of carbonyl (C=O) groups excluding carboxylic acids is 2. The van der Waals surface area contributed by atoms with Crippen LogP contribution < -0.4 is 5.32 Å². The van der Waals surface area contributed by atoms with Gasteiger partial charge >= 0.3 is 5.97 Å². The van der Waals surface area contributed by atoms with Gasteiger partial charge in [0.05, 0.1) is 12.0 Å². The molecule has 0 aromatic rings. The van der Waals surface area contributed by atoms with Gasteiger partial charge in [0.25, 0.3) is 0 Å². The maximum Gasteiger partial charge on any atom is 0.305 e. The third-order valence-electron chi connectivity index (χ3n) is 4.95. The molecule has 0 bridgehead atoms. The fraction of sp³-hybridized carbons (Fsp3) is 0.800. The molecule has 1 atom stereocenters. The van der Waals surface area contributed by atoms with E-state index in [1.807, 2.05) is 0 Å². The molecule has 116 valence electrons. The van der Waals surface area contributed by atoms with Crippen LogP contribution in [0.2, 0.25) is 0 Å². The first kappa shape index (κ1) is 14.4. The molecule has 6 nitrogen and oxygen atoms in total. The number of nitrogens with one attached hydrogen (secondary N) is 1. The standard InChI is InChI=1S/C15H22N2O4/c18-12(19)9-15(6-2-7-15)16-13(20)11-3-1-8-17(11)14(21)10-4-5-10/h10-11H,1-9H2,(H,16,20)(H,18,19). The minimum absolute atomic E-state index is 0.0258. The van der Waals surface area contributed by atoms with Gasteiger partial charge in [-0.25, -0.2) is 0 Å². The van der Waals surface area contributed by atoms with Crippen molar-refractivity contribution >= 4 is 17.8 Å². The van der Waals surface area contributed by atoms with E-state index in [0.29, 0.717) is 25.8 Å². The van der Waals surface area contributed by atoms with E-state index in [9.17, 15) is 14.4 Å². The molecule has 0 spiro atoms. The summed E-state index contributed by atoms with van der Waals surface area (Å²) in [7, 11) is 0. The molecule has 1 unspecified atom stereocenters. The molecule has 6 heteroatoms. The fourth-order valence-corrected chi connectivity index (χ4v) is 3.45. The van der Waals surface area contributed by atoms with E-state index < -0.39 is 17.6 Å². The van der Waals surface area contributed by atoms with E-state index in [1.165, 1.54) is 0 Å². The summed E-state index contributed by atoms with van der Waals surface area (Å²) in [6, 6.07) is -0.399. The predicted molar refractivity (Wildman–Crippen MR) is 74.4 cm³/mol. The van der Waals surface area contributed by atoms with E-state index in [1.54, 1.807) is 4.90 Å². The van der Waals surface area contributed by atoms with Gasteiger partial charge in [0.2, 0.25) is 11.8 Å². The minimum Gasteiger partial charge on any atom is -0.481 e. The Labute approximate surface area is 123 Å². The molecule has 0 aromatic carbocycles. The summed E-state index contributed by atoms with van der Waals surface area (Å²) < 4.78 is 0. The second-order valence-corrected chi connectivity index (χ2v) is 6.66. The molecule has 2 N–H and O–H groups in total. The lowest BCUT2D eigenvalue weighted by Gasteiger charge is -2.42. The van der Waals surface area contributed by atoms with Crippen molar-refractivity contribution in [3.63, 3.8) is 0 Å². The number of likely N-dealkylation sites (tertiary alicyclic amines) is 1. The zero-order valence-corrected chi connectivity index (χ0v) is 12.1. The molecular formula is C15H22N2O4. The third kappa shape index (κ3) is 2.89. The number of hydrogen-bond acceptors (Lipinski definition) is 3. The molecule has 21 heavy (non-hydrogen) atoms. The summed E-state index contributed by atoms with van der Waals surface area (Å²) in [5.74, 6) is -0.821. The first-order valence-electron chi connectivity index (χ1n) is 7.85. The summed E-state index contributed by atoms with van der Waals surface area (Å²) in [6.45, 7) is 0.652. The van der Waals surface area contributed by atoms with Gasteiger partial charge < -0.3 is 15.3 Å². The van der Waals surface area contributed by atoms with Crippen molar-refractivity contribution in [3.8, 4) is 0 Å². The molecule has 0 radical (unpaired) electrons. The van der Waals surface area contributed by atoms with Crippen LogP contribution in [0.3, 0.4) is 0 Å². The highest BCUT2D eigenvalue weighted by atomic mass is 16.4. The Bertz CT molecular complexity index is 468. The SMILES string of the molecule is O=C(O)CC1(NC(=O)C2CCCN2C(=O)C2CC2)CCC1. The summed E-state index contributed by atoms with van der Waals surface area (Å²) in [5.41, 5.74) is -0.584. The highest BCUT2D eigenvalue weighted by molar-refractivity contribution is 5.90. The van der Waals surface area contributed by atoms with Gasteiger partial charge in [0, 0.05) is 12.5 Å². The second kappa shape index (κ2) is 5.31. The highest BCUT2D eigenvalue weighted by Crippen LogP contribution is 2.36. The number of aliphatic carboxylic acids is 1. The molecule has 1 saturated heterocycles. The van der Waals surface area contributed by atoms with Crippen LogP contribution in [0.15, 0.2) is 0 Å². The van der Waals surface area contributed by atoms with Crippen molar-refractivity contribution < 1.29 is 19.5 Å². The monoisotopic (exact) mass is 294 g/mol. The Balaban J connectivity index is 1.63. The first-order chi connectivity index (χ1) is 10.0. The lowest BCUT2D eigenvalue weighted by Crippen LogP contribution is -2.59. The van der Waals surface area contributed by atoms with Crippen LogP contribution in [0.1, 0.15) is 51.4 Å². The molecule has 1 heterocycles.